The van der Waals surface area contributed by atoms with Crippen molar-refractivity contribution in [1.29, 1.82) is 0 Å². The van der Waals surface area contributed by atoms with Gasteiger partial charge in [0.2, 0.25) is 0 Å². The molecule has 0 aliphatic heterocycles. The highest BCUT2D eigenvalue weighted by atomic mass is 79.9. The van der Waals surface area contributed by atoms with Crippen molar-refractivity contribution in [2.24, 2.45) is 5.73 Å². The SMILES string of the molecule is Cc1ccc(C(N)c2cccc(C)c2Br)cn1. The number of aromatic nitrogens is 1. The van der Waals surface area contributed by atoms with Gasteiger partial charge in [0.15, 0.2) is 0 Å². The van der Waals surface area contributed by atoms with E-state index in [-0.39, 0.29) is 6.04 Å². The Balaban J connectivity index is 2.40. The highest BCUT2D eigenvalue weighted by Gasteiger charge is 2.13. The van der Waals surface area contributed by atoms with E-state index in [0.29, 0.717) is 0 Å². The van der Waals surface area contributed by atoms with Crippen LogP contribution in [0.25, 0.3) is 0 Å². The van der Waals surface area contributed by atoms with Crippen molar-refractivity contribution < 1.29 is 0 Å². The molecule has 0 spiro atoms. The molecule has 0 aliphatic rings. The average Bonchev–Trinajstić information content (AvgIpc) is 2.33. The van der Waals surface area contributed by atoms with E-state index in [9.17, 15) is 0 Å². The number of nitrogens with zero attached hydrogens (tertiary/aromatic N) is 1. The van der Waals surface area contributed by atoms with Crippen LogP contribution in [-0.4, -0.2) is 4.98 Å². The van der Waals surface area contributed by atoms with Gasteiger partial charge in [0.25, 0.3) is 0 Å². The molecular formula is C14H15BrN2. The molecule has 0 bridgehead atoms. The van der Waals surface area contributed by atoms with E-state index in [4.69, 9.17) is 5.73 Å². The Hall–Kier alpha value is -1.19. The fourth-order valence-electron chi connectivity index (χ4n) is 1.75. The number of rotatable bonds is 2. The molecule has 0 fully saturated rings. The molecule has 0 radical (unpaired) electrons. The van der Waals surface area contributed by atoms with Crippen LogP contribution in [0.5, 0.6) is 0 Å². The van der Waals surface area contributed by atoms with E-state index in [1.165, 1.54) is 5.56 Å². The zero-order valence-electron chi connectivity index (χ0n) is 9.94. The van der Waals surface area contributed by atoms with Gasteiger partial charge in [0.05, 0.1) is 6.04 Å². The third kappa shape index (κ3) is 2.56. The Morgan fingerprint density at radius 3 is 2.59 bits per heavy atom. The molecule has 1 aromatic carbocycles. The predicted molar refractivity (Wildman–Crippen MR) is 73.9 cm³/mol. The molecule has 1 aromatic heterocycles. The van der Waals surface area contributed by atoms with Gasteiger partial charge in [0.1, 0.15) is 0 Å². The second kappa shape index (κ2) is 4.98. The van der Waals surface area contributed by atoms with Gasteiger partial charge in [-0.1, -0.05) is 40.2 Å². The fraction of sp³-hybridized carbons (Fsp3) is 0.214. The molecule has 2 rings (SSSR count). The zero-order valence-corrected chi connectivity index (χ0v) is 11.5. The fourth-order valence-corrected chi connectivity index (χ4v) is 2.26. The third-order valence-corrected chi connectivity index (χ3v) is 3.93. The molecule has 1 heterocycles. The van der Waals surface area contributed by atoms with Gasteiger partial charge >= 0.3 is 0 Å². The first-order valence-electron chi connectivity index (χ1n) is 5.52. The third-order valence-electron chi connectivity index (χ3n) is 2.85. The smallest absolute Gasteiger partial charge is 0.0578 e. The highest BCUT2D eigenvalue weighted by molar-refractivity contribution is 9.10. The lowest BCUT2D eigenvalue weighted by molar-refractivity contribution is 0.853. The maximum absolute atomic E-state index is 6.27. The number of halogens is 1. The predicted octanol–water partition coefficient (Wildman–Crippen LogP) is 3.51. The van der Waals surface area contributed by atoms with Crippen LogP contribution in [0.1, 0.15) is 28.4 Å². The van der Waals surface area contributed by atoms with E-state index < -0.39 is 0 Å². The first-order chi connectivity index (χ1) is 8.09. The lowest BCUT2D eigenvalue weighted by Crippen LogP contribution is -2.13. The van der Waals surface area contributed by atoms with Gasteiger partial charge in [-0.2, -0.15) is 0 Å². The van der Waals surface area contributed by atoms with Crippen molar-refractivity contribution in [1.82, 2.24) is 4.98 Å². The van der Waals surface area contributed by atoms with E-state index in [1.54, 1.807) is 0 Å². The summed E-state index contributed by atoms with van der Waals surface area (Å²) in [5, 5.41) is 0. The van der Waals surface area contributed by atoms with Crippen LogP contribution in [0.2, 0.25) is 0 Å². The molecule has 1 atom stereocenters. The molecule has 2 aromatic rings. The van der Waals surface area contributed by atoms with Gasteiger partial charge < -0.3 is 5.73 Å². The van der Waals surface area contributed by atoms with E-state index in [2.05, 4.69) is 33.9 Å². The van der Waals surface area contributed by atoms with Gasteiger partial charge in [0, 0.05) is 16.4 Å². The summed E-state index contributed by atoms with van der Waals surface area (Å²) in [7, 11) is 0. The number of hydrogen-bond donors (Lipinski definition) is 1. The average molecular weight is 291 g/mol. The molecule has 0 amide bonds. The molecule has 2 nitrogen and oxygen atoms in total. The summed E-state index contributed by atoms with van der Waals surface area (Å²) in [6.07, 6.45) is 1.84. The quantitative estimate of drug-likeness (QED) is 0.919. The summed E-state index contributed by atoms with van der Waals surface area (Å²) in [5.74, 6) is 0. The maximum Gasteiger partial charge on any atom is 0.0578 e. The molecule has 17 heavy (non-hydrogen) atoms. The Bertz CT molecular complexity index is 520. The van der Waals surface area contributed by atoms with Crippen LogP contribution >= 0.6 is 15.9 Å². The second-order valence-electron chi connectivity index (χ2n) is 4.19. The van der Waals surface area contributed by atoms with Crippen LogP contribution < -0.4 is 5.73 Å². The summed E-state index contributed by atoms with van der Waals surface area (Å²) in [4.78, 5) is 4.28. The molecular weight excluding hydrogens is 276 g/mol. The zero-order chi connectivity index (χ0) is 12.4. The van der Waals surface area contributed by atoms with Crippen LogP contribution in [0, 0.1) is 13.8 Å². The topological polar surface area (TPSA) is 38.9 Å². The Morgan fingerprint density at radius 2 is 1.94 bits per heavy atom. The molecule has 0 aliphatic carbocycles. The highest BCUT2D eigenvalue weighted by Crippen LogP contribution is 2.28. The van der Waals surface area contributed by atoms with Crippen LogP contribution in [0.3, 0.4) is 0 Å². The van der Waals surface area contributed by atoms with Crippen molar-refractivity contribution >= 4 is 15.9 Å². The first kappa shape index (κ1) is 12.3. The summed E-state index contributed by atoms with van der Waals surface area (Å²) in [6, 6.07) is 10.0. The number of aryl methyl sites for hydroxylation is 2. The summed E-state index contributed by atoms with van der Waals surface area (Å²) < 4.78 is 1.08. The van der Waals surface area contributed by atoms with Crippen LogP contribution in [0.15, 0.2) is 41.0 Å². The molecule has 1 unspecified atom stereocenters. The molecule has 88 valence electrons. The van der Waals surface area contributed by atoms with Crippen LogP contribution in [0.4, 0.5) is 0 Å². The van der Waals surface area contributed by atoms with E-state index >= 15 is 0 Å². The van der Waals surface area contributed by atoms with Crippen molar-refractivity contribution in [3.05, 3.63) is 63.4 Å². The monoisotopic (exact) mass is 290 g/mol. The summed E-state index contributed by atoms with van der Waals surface area (Å²) in [5.41, 5.74) is 10.6. The van der Waals surface area contributed by atoms with E-state index in [0.717, 1.165) is 21.3 Å². The van der Waals surface area contributed by atoms with Gasteiger partial charge in [-0.05, 0) is 36.6 Å². The number of hydrogen-bond acceptors (Lipinski definition) is 2. The van der Waals surface area contributed by atoms with E-state index in [1.807, 2.05) is 37.4 Å². The second-order valence-corrected chi connectivity index (χ2v) is 4.98. The number of benzene rings is 1. The number of nitrogens with two attached hydrogens (primary N) is 1. The lowest BCUT2D eigenvalue weighted by Gasteiger charge is -2.15. The normalized spacial score (nSPS) is 12.5. The van der Waals surface area contributed by atoms with Gasteiger partial charge in [-0.3, -0.25) is 4.98 Å². The Morgan fingerprint density at radius 1 is 1.18 bits per heavy atom. The Kier molecular flexibility index (Phi) is 3.60. The molecule has 2 N–H and O–H groups in total. The van der Waals surface area contributed by atoms with Crippen LogP contribution in [-0.2, 0) is 0 Å². The minimum absolute atomic E-state index is 0.141. The first-order valence-corrected chi connectivity index (χ1v) is 6.32. The molecule has 0 saturated carbocycles. The lowest BCUT2D eigenvalue weighted by atomic mass is 9.99. The van der Waals surface area contributed by atoms with Crippen molar-refractivity contribution in [3.8, 4) is 0 Å². The standard InChI is InChI=1S/C14H15BrN2/c1-9-4-3-5-12(13(9)15)14(16)11-7-6-10(2)17-8-11/h3-8,14H,16H2,1-2H3. The van der Waals surface area contributed by atoms with Crippen molar-refractivity contribution in [3.63, 3.8) is 0 Å². The largest absolute Gasteiger partial charge is 0.320 e. The van der Waals surface area contributed by atoms with Crippen molar-refractivity contribution in [2.75, 3.05) is 0 Å². The molecule has 0 saturated heterocycles. The maximum atomic E-state index is 6.27. The minimum atomic E-state index is -0.141. The number of pyridine rings is 1. The van der Waals surface area contributed by atoms with Gasteiger partial charge in [-0.15, -0.1) is 0 Å². The summed E-state index contributed by atoms with van der Waals surface area (Å²) >= 11 is 3.59. The minimum Gasteiger partial charge on any atom is -0.320 e. The Labute approximate surface area is 110 Å². The van der Waals surface area contributed by atoms with Crippen molar-refractivity contribution in [2.45, 2.75) is 19.9 Å². The summed E-state index contributed by atoms with van der Waals surface area (Å²) in [6.45, 7) is 4.03. The van der Waals surface area contributed by atoms with Gasteiger partial charge in [-0.25, -0.2) is 0 Å². The molecule has 3 heteroatoms.